The number of hydrogen-bond donors (Lipinski definition) is 0. The molecule has 0 bridgehead atoms. The van der Waals surface area contributed by atoms with Crippen molar-refractivity contribution in [2.45, 2.75) is 37.5 Å². The van der Waals surface area contributed by atoms with E-state index in [9.17, 15) is 0 Å². The van der Waals surface area contributed by atoms with E-state index in [1.165, 1.54) is 62.1 Å². The maximum Gasteiger partial charge on any atom is 0.164 e. The van der Waals surface area contributed by atoms with Crippen LogP contribution in [0.25, 0.3) is 78.7 Å². The van der Waals surface area contributed by atoms with E-state index in [1.54, 1.807) is 0 Å². The van der Waals surface area contributed by atoms with Crippen LogP contribution < -0.4 is 0 Å². The Balaban J connectivity index is 0.993. The highest BCUT2D eigenvalue weighted by atomic mass is 15.0. The van der Waals surface area contributed by atoms with Crippen molar-refractivity contribution in [3.63, 3.8) is 0 Å². The molecule has 3 nitrogen and oxygen atoms in total. The highest BCUT2D eigenvalue weighted by Crippen LogP contribution is 2.64. The second kappa shape index (κ2) is 11.8. The van der Waals surface area contributed by atoms with Gasteiger partial charge >= 0.3 is 0 Å². The lowest BCUT2D eigenvalue weighted by Crippen LogP contribution is -2.15. The molecule has 11 rings (SSSR count). The zero-order valence-electron chi connectivity index (χ0n) is 30.3. The quantitative estimate of drug-likeness (QED) is 0.180. The Hall–Kier alpha value is -6.45. The lowest BCUT2D eigenvalue weighted by molar-refractivity contribution is 0.660. The molecule has 3 aliphatic rings. The Bertz CT molecular complexity index is 2770. The zero-order valence-corrected chi connectivity index (χ0v) is 30.3. The van der Waals surface area contributed by atoms with E-state index in [2.05, 4.69) is 153 Å². The molecule has 2 unspecified atom stereocenters. The van der Waals surface area contributed by atoms with E-state index in [-0.39, 0.29) is 5.41 Å². The number of fused-ring (bicyclic) bond motifs is 9. The average molecular weight is 692 g/mol. The molecule has 0 saturated heterocycles. The van der Waals surface area contributed by atoms with Crippen molar-refractivity contribution in [1.29, 1.82) is 0 Å². The molecule has 2 atom stereocenters. The smallest absolute Gasteiger partial charge is 0.164 e. The first kappa shape index (κ1) is 31.1. The second-order valence-corrected chi connectivity index (χ2v) is 15.6. The fourth-order valence-corrected chi connectivity index (χ4v) is 9.11. The van der Waals surface area contributed by atoms with Crippen LogP contribution in [0.1, 0.15) is 54.4 Å². The summed E-state index contributed by atoms with van der Waals surface area (Å²) in [5.41, 5.74) is 19.0. The van der Waals surface area contributed by atoms with Crippen LogP contribution in [0.4, 0.5) is 0 Å². The van der Waals surface area contributed by atoms with Crippen molar-refractivity contribution >= 4 is 0 Å². The Labute approximate surface area is 316 Å². The molecule has 0 radical (unpaired) electrons. The van der Waals surface area contributed by atoms with Crippen molar-refractivity contribution in [3.8, 4) is 78.7 Å². The summed E-state index contributed by atoms with van der Waals surface area (Å²) in [6.07, 6.45) is 1.26. The Morgan fingerprint density at radius 1 is 0.370 bits per heavy atom. The average Bonchev–Trinajstić information content (AvgIpc) is 4.02. The lowest BCUT2D eigenvalue weighted by atomic mass is 9.78. The van der Waals surface area contributed by atoms with Gasteiger partial charge in [-0.3, -0.25) is 0 Å². The summed E-state index contributed by atoms with van der Waals surface area (Å²) in [4.78, 5) is 15.1. The van der Waals surface area contributed by atoms with Crippen LogP contribution in [-0.4, -0.2) is 15.0 Å². The van der Waals surface area contributed by atoms with Gasteiger partial charge in [-0.1, -0.05) is 153 Å². The molecule has 0 amide bonds. The fraction of sp³-hybridized carbons (Fsp3) is 0.118. The van der Waals surface area contributed by atoms with Gasteiger partial charge < -0.3 is 0 Å². The minimum atomic E-state index is -0.0795. The summed E-state index contributed by atoms with van der Waals surface area (Å²) in [7, 11) is 0. The molecule has 256 valence electrons. The minimum Gasteiger partial charge on any atom is -0.208 e. The molecule has 8 aromatic rings. The lowest BCUT2D eigenvalue weighted by Gasteiger charge is -2.25. The third-order valence-corrected chi connectivity index (χ3v) is 12.1. The first-order valence-electron chi connectivity index (χ1n) is 19.0. The Kier molecular flexibility index (Phi) is 6.79. The Morgan fingerprint density at radius 2 is 0.889 bits per heavy atom. The van der Waals surface area contributed by atoms with Crippen molar-refractivity contribution in [2.75, 3.05) is 0 Å². The molecule has 54 heavy (non-hydrogen) atoms. The number of rotatable bonds is 5. The zero-order chi connectivity index (χ0) is 36.0. The number of aromatic nitrogens is 3. The van der Waals surface area contributed by atoms with Gasteiger partial charge in [0, 0.05) is 22.1 Å². The van der Waals surface area contributed by atoms with E-state index < -0.39 is 0 Å². The molecule has 0 N–H and O–H groups in total. The van der Waals surface area contributed by atoms with Crippen LogP contribution in [0.2, 0.25) is 0 Å². The van der Waals surface area contributed by atoms with Crippen molar-refractivity contribution < 1.29 is 0 Å². The first-order chi connectivity index (χ1) is 26.5. The van der Waals surface area contributed by atoms with Gasteiger partial charge in [-0.25, -0.2) is 15.0 Å². The maximum absolute atomic E-state index is 5.09. The van der Waals surface area contributed by atoms with Crippen molar-refractivity contribution in [1.82, 2.24) is 15.0 Å². The van der Waals surface area contributed by atoms with Crippen LogP contribution in [0, 0.1) is 0 Å². The van der Waals surface area contributed by atoms with Gasteiger partial charge in [-0.05, 0) is 109 Å². The van der Waals surface area contributed by atoms with Gasteiger partial charge in [-0.2, -0.15) is 0 Å². The molecule has 1 fully saturated rings. The van der Waals surface area contributed by atoms with Gasteiger partial charge in [0.2, 0.25) is 0 Å². The van der Waals surface area contributed by atoms with E-state index in [4.69, 9.17) is 15.0 Å². The highest BCUT2D eigenvalue weighted by Gasteiger charge is 2.47. The van der Waals surface area contributed by atoms with Crippen molar-refractivity contribution in [3.05, 3.63) is 186 Å². The summed E-state index contributed by atoms with van der Waals surface area (Å²) in [5, 5.41) is 0. The van der Waals surface area contributed by atoms with E-state index in [0.29, 0.717) is 29.3 Å². The SMILES string of the molecule is CC1(C)c2ccc(-c3cccc(-c4nc(-c5ccccc5)nc(-c5ccc(-c6ccccc6)cc5)n4)c3)cc2-c2cc3c(cc21)-c1ccccc1C1CC31. The van der Waals surface area contributed by atoms with E-state index in [1.807, 2.05) is 24.3 Å². The Morgan fingerprint density at radius 3 is 1.65 bits per heavy atom. The predicted molar refractivity (Wildman–Crippen MR) is 220 cm³/mol. The summed E-state index contributed by atoms with van der Waals surface area (Å²) < 4.78 is 0. The fourth-order valence-electron chi connectivity index (χ4n) is 9.11. The summed E-state index contributed by atoms with van der Waals surface area (Å²) in [6.45, 7) is 4.77. The van der Waals surface area contributed by atoms with Crippen LogP contribution in [0.3, 0.4) is 0 Å². The standard InChI is InChI=1S/C51H37N3/c1-51(2)46-25-24-36(27-44(46)45-29-42-41-28-40(41)38-18-9-10-19-39(38)43(42)30-47(45)51)35-16-11-17-37(26-35)50-53-48(33-14-7-4-8-15-33)52-49(54-50)34-22-20-32(21-23-34)31-12-5-3-6-13-31/h3-27,29-30,40-41H,28H2,1-2H3. The van der Waals surface area contributed by atoms with Gasteiger partial charge in [0.15, 0.2) is 17.5 Å². The molecule has 1 aromatic heterocycles. The summed E-state index contributed by atoms with van der Waals surface area (Å²) >= 11 is 0. The van der Waals surface area contributed by atoms with Gasteiger partial charge in [0.05, 0.1) is 0 Å². The third-order valence-electron chi connectivity index (χ3n) is 12.1. The van der Waals surface area contributed by atoms with E-state index >= 15 is 0 Å². The van der Waals surface area contributed by atoms with Gasteiger partial charge in [0.25, 0.3) is 0 Å². The molecule has 0 spiro atoms. The largest absolute Gasteiger partial charge is 0.208 e. The minimum absolute atomic E-state index is 0.0795. The van der Waals surface area contributed by atoms with Gasteiger partial charge in [0.1, 0.15) is 0 Å². The van der Waals surface area contributed by atoms with Crippen LogP contribution in [0.5, 0.6) is 0 Å². The number of benzene rings is 7. The topological polar surface area (TPSA) is 38.7 Å². The highest BCUT2D eigenvalue weighted by molar-refractivity contribution is 5.90. The monoisotopic (exact) mass is 691 g/mol. The van der Waals surface area contributed by atoms with Gasteiger partial charge in [-0.15, -0.1) is 0 Å². The number of nitrogens with zero attached hydrogens (tertiary/aromatic N) is 3. The molecule has 3 heteroatoms. The van der Waals surface area contributed by atoms with E-state index in [0.717, 1.165) is 27.8 Å². The molecular weight excluding hydrogens is 655 g/mol. The molecular formula is C51H37N3. The molecule has 3 aliphatic carbocycles. The first-order valence-corrected chi connectivity index (χ1v) is 19.0. The van der Waals surface area contributed by atoms with Crippen LogP contribution in [0.15, 0.2) is 164 Å². The molecule has 7 aromatic carbocycles. The maximum atomic E-state index is 5.09. The number of hydrogen-bond acceptors (Lipinski definition) is 3. The molecule has 1 heterocycles. The second-order valence-electron chi connectivity index (χ2n) is 15.6. The summed E-state index contributed by atoms with van der Waals surface area (Å²) in [6, 6.07) is 59.0. The molecule has 1 saturated carbocycles. The molecule has 0 aliphatic heterocycles. The summed E-state index contributed by atoms with van der Waals surface area (Å²) in [5.74, 6) is 3.28. The third kappa shape index (κ3) is 4.92. The van der Waals surface area contributed by atoms with Crippen molar-refractivity contribution in [2.24, 2.45) is 0 Å². The van der Waals surface area contributed by atoms with Crippen LogP contribution in [-0.2, 0) is 5.41 Å². The normalized spacial score (nSPS) is 16.8. The predicted octanol–water partition coefficient (Wildman–Crippen LogP) is 12.8. The van der Waals surface area contributed by atoms with Crippen LogP contribution >= 0.6 is 0 Å².